The van der Waals surface area contributed by atoms with Crippen LogP contribution in [-0.4, -0.2) is 41.1 Å². The second kappa shape index (κ2) is 7.65. The Balaban J connectivity index is 2.22. The summed E-state index contributed by atoms with van der Waals surface area (Å²) in [5, 5.41) is 4.04. The van der Waals surface area contributed by atoms with Crippen LogP contribution in [0.5, 0.6) is 5.75 Å². The van der Waals surface area contributed by atoms with Crippen molar-refractivity contribution in [3.05, 3.63) is 45.6 Å². The number of thiophene rings is 1. The molecule has 0 aliphatic heterocycles. The Morgan fingerprint density at radius 2 is 1.88 bits per heavy atom. The molecule has 5 nitrogen and oxygen atoms in total. The van der Waals surface area contributed by atoms with E-state index in [-0.39, 0.29) is 10.9 Å². The summed E-state index contributed by atoms with van der Waals surface area (Å²) in [5.41, 5.74) is 2.72. The van der Waals surface area contributed by atoms with E-state index in [1.807, 2.05) is 49.7 Å². The molecule has 0 fully saturated rings. The van der Waals surface area contributed by atoms with Crippen LogP contribution in [0.1, 0.15) is 22.7 Å². The second-order valence-corrected chi connectivity index (χ2v) is 8.53. The minimum absolute atomic E-state index is 0.00790. The highest BCUT2D eigenvalue weighted by atomic mass is 32.2. The molecule has 0 aliphatic rings. The van der Waals surface area contributed by atoms with Gasteiger partial charge in [-0.15, -0.1) is 0 Å². The first-order valence-electron chi connectivity index (χ1n) is 7.59. The number of methoxy groups -OCH3 is 1. The Morgan fingerprint density at radius 3 is 2.33 bits per heavy atom. The molecule has 0 amide bonds. The Bertz CT molecular complexity index is 761. The number of nitrogens with zero attached hydrogens (tertiary/aromatic N) is 1. The molecule has 7 heteroatoms. The van der Waals surface area contributed by atoms with E-state index in [0.717, 1.165) is 22.4 Å². The highest BCUT2D eigenvalue weighted by molar-refractivity contribution is 7.89. The van der Waals surface area contributed by atoms with Crippen molar-refractivity contribution in [1.82, 2.24) is 9.62 Å². The molecule has 1 atom stereocenters. The molecule has 1 heterocycles. The minimum Gasteiger partial charge on any atom is -0.496 e. The molecule has 0 saturated heterocycles. The highest BCUT2D eigenvalue weighted by Gasteiger charge is 2.21. The number of aryl methyl sites for hydroxylation is 2. The van der Waals surface area contributed by atoms with Crippen LogP contribution < -0.4 is 9.46 Å². The third-order valence-corrected chi connectivity index (χ3v) is 6.07. The molecule has 0 bridgehead atoms. The Kier molecular flexibility index (Phi) is 6.03. The van der Waals surface area contributed by atoms with Crippen molar-refractivity contribution in [3.8, 4) is 5.75 Å². The van der Waals surface area contributed by atoms with Gasteiger partial charge in [0.05, 0.1) is 12.0 Å². The fourth-order valence-corrected chi connectivity index (χ4v) is 4.64. The lowest BCUT2D eigenvalue weighted by atomic mass is 10.1. The zero-order valence-corrected chi connectivity index (χ0v) is 16.3. The summed E-state index contributed by atoms with van der Waals surface area (Å²) in [7, 11) is 1.89. The molecule has 0 aliphatic carbocycles. The summed E-state index contributed by atoms with van der Waals surface area (Å²) in [5.74, 6) is 0.721. The largest absolute Gasteiger partial charge is 0.496 e. The van der Waals surface area contributed by atoms with Crippen LogP contribution in [0, 0.1) is 13.8 Å². The van der Waals surface area contributed by atoms with Gasteiger partial charge in [0.2, 0.25) is 10.0 Å². The highest BCUT2D eigenvalue weighted by Crippen LogP contribution is 2.27. The molecule has 0 saturated carbocycles. The van der Waals surface area contributed by atoms with Crippen molar-refractivity contribution in [2.24, 2.45) is 0 Å². The van der Waals surface area contributed by atoms with E-state index >= 15 is 0 Å². The van der Waals surface area contributed by atoms with Crippen LogP contribution in [0.4, 0.5) is 0 Å². The third-order valence-electron chi connectivity index (χ3n) is 3.97. The number of ether oxygens (including phenoxy) is 1. The van der Waals surface area contributed by atoms with Gasteiger partial charge >= 0.3 is 0 Å². The summed E-state index contributed by atoms with van der Waals surface area (Å²) in [4.78, 5) is 2.27. The van der Waals surface area contributed by atoms with E-state index in [0.29, 0.717) is 6.54 Å². The molecule has 0 spiro atoms. The Hall–Kier alpha value is -1.41. The van der Waals surface area contributed by atoms with Crippen molar-refractivity contribution in [3.63, 3.8) is 0 Å². The Morgan fingerprint density at radius 1 is 1.25 bits per heavy atom. The van der Waals surface area contributed by atoms with E-state index < -0.39 is 10.0 Å². The predicted octanol–water partition coefficient (Wildman–Crippen LogP) is 2.95. The van der Waals surface area contributed by atoms with Gasteiger partial charge in [-0.3, -0.25) is 0 Å². The molecule has 132 valence electrons. The van der Waals surface area contributed by atoms with E-state index in [2.05, 4.69) is 4.72 Å². The number of hydrogen-bond donors (Lipinski definition) is 1. The minimum atomic E-state index is -3.58. The van der Waals surface area contributed by atoms with Crippen molar-refractivity contribution in [2.75, 3.05) is 27.7 Å². The zero-order chi connectivity index (χ0) is 17.9. The normalized spacial score (nSPS) is 13.2. The van der Waals surface area contributed by atoms with Crippen LogP contribution in [-0.2, 0) is 10.0 Å². The molecule has 1 N–H and O–H groups in total. The molecule has 2 aromatic rings. The SMILES string of the molecule is COc1c(C)cc(S(=O)(=O)NC[C@@H](c2ccsc2)N(C)C)cc1C. The summed E-state index contributed by atoms with van der Waals surface area (Å²) >= 11 is 1.61. The van der Waals surface area contributed by atoms with Gasteiger partial charge in [-0.1, -0.05) is 0 Å². The van der Waals surface area contributed by atoms with Crippen molar-refractivity contribution in [2.45, 2.75) is 24.8 Å². The van der Waals surface area contributed by atoms with Gasteiger partial charge in [-0.2, -0.15) is 11.3 Å². The maximum Gasteiger partial charge on any atom is 0.240 e. The van der Waals surface area contributed by atoms with E-state index in [4.69, 9.17) is 4.74 Å². The third kappa shape index (κ3) is 4.16. The summed E-state index contributed by atoms with van der Waals surface area (Å²) in [6.45, 7) is 4.01. The standard InChI is InChI=1S/C17H24N2O3S2/c1-12-8-15(9-13(2)17(12)22-5)24(20,21)18-10-16(19(3)4)14-6-7-23-11-14/h6-9,11,16,18H,10H2,1-5H3/t16-/m0/s1. The van der Waals surface area contributed by atoms with Crippen LogP contribution >= 0.6 is 11.3 Å². The average Bonchev–Trinajstić information content (AvgIpc) is 3.00. The lowest BCUT2D eigenvalue weighted by Crippen LogP contribution is -2.34. The fraction of sp³-hybridized carbons (Fsp3) is 0.412. The van der Waals surface area contributed by atoms with Crippen molar-refractivity contribution in [1.29, 1.82) is 0 Å². The number of rotatable bonds is 7. The number of sulfonamides is 1. The average molecular weight is 369 g/mol. The van der Waals surface area contributed by atoms with E-state index in [1.54, 1.807) is 30.6 Å². The Labute approximate surface area is 148 Å². The van der Waals surface area contributed by atoms with Crippen molar-refractivity contribution < 1.29 is 13.2 Å². The summed E-state index contributed by atoms with van der Waals surface area (Å²) in [6, 6.07) is 5.30. The summed E-state index contributed by atoms with van der Waals surface area (Å²) in [6.07, 6.45) is 0. The molecule has 24 heavy (non-hydrogen) atoms. The summed E-state index contributed by atoms with van der Waals surface area (Å²) < 4.78 is 33.4. The molecule has 1 aromatic heterocycles. The molecule has 2 rings (SSSR count). The molecule has 0 unspecified atom stereocenters. The number of likely N-dealkylation sites (N-methyl/N-ethyl adjacent to an activating group) is 1. The van der Waals surface area contributed by atoms with Gasteiger partial charge < -0.3 is 9.64 Å². The van der Waals surface area contributed by atoms with Gasteiger partial charge in [0.1, 0.15) is 5.75 Å². The number of hydrogen-bond acceptors (Lipinski definition) is 5. The number of nitrogens with one attached hydrogen (secondary N) is 1. The maximum atomic E-state index is 12.7. The fourth-order valence-electron chi connectivity index (χ4n) is 2.72. The van der Waals surface area contributed by atoms with Gasteiger partial charge in [0, 0.05) is 12.6 Å². The first kappa shape index (κ1) is 18.9. The van der Waals surface area contributed by atoms with Gasteiger partial charge in [0.15, 0.2) is 0 Å². The second-order valence-electron chi connectivity index (χ2n) is 5.98. The monoisotopic (exact) mass is 368 g/mol. The predicted molar refractivity (Wildman–Crippen MR) is 98.4 cm³/mol. The van der Waals surface area contributed by atoms with Gasteiger partial charge in [-0.05, 0) is 73.6 Å². The van der Waals surface area contributed by atoms with E-state index in [1.165, 1.54) is 0 Å². The molecular formula is C17H24N2O3S2. The lowest BCUT2D eigenvalue weighted by Gasteiger charge is -2.24. The quantitative estimate of drug-likeness (QED) is 0.816. The first-order valence-corrected chi connectivity index (χ1v) is 10.0. The lowest BCUT2D eigenvalue weighted by molar-refractivity contribution is 0.300. The van der Waals surface area contributed by atoms with E-state index in [9.17, 15) is 8.42 Å². The van der Waals surface area contributed by atoms with Crippen LogP contribution in [0.2, 0.25) is 0 Å². The molecule has 1 aromatic carbocycles. The van der Waals surface area contributed by atoms with Gasteiger partial charge in [-0.25, -0.2) is 13.1 Å². The van der Waals surface area contributed by atoms with Crippen LogP contribution in [0.25, 0.3) is 0 Å². The first-order chi connectivity index (χ1) is 11.3. The maximum absolute atomic E-state index is 12.7. The van der Waals surface area contributed by atoms with Crippen LogP contribution in [0.15, 0.2) is 33.9 Å². The van der Waals surface area contributed by atoms with Crippen LogP contribution in [0.3, 0.4) is 0 Å². The van der Waals surface area contributed by atoms with Gasteiger partial charge in [0.25, 0.3) is 0 Å². The smallest absolute Gasteiger partial charge is 0.240 e. The molecule has 0 radical (unpaired) electrons. The molecular weight excluding hydrogens is 344 g/mol. The topological polar surface area (TPSA) is 58.6 Å². The zero-order valence-electron chi connectivity index (χ0n) is 14.7. The number of benzene rings is 1. The van der Waals surface area contributed by atoms with Crippen molar-refractivity contribution >= 4 is 21.4 Å².